The highest BCUT2D eigenvalue weighted by Crippen LogP contribution is 2.41. The van der Waals surface area contributed by atoms with Gasteiger partial charge in [0, 0.05) is 36.6 Å². The minimum absolute atomic E-state index is 0.0995. The molecule has 25 heavy (non-hydrogen) atoms. The molecule has 0 spiro atoms. The van der Waals surface area contributed by atoms with Gasteiger partial charge in [0.2, 0.25) is 5.91 Å². The largest absolute Gasteiger partial charge is 0.365 e. The van der Waals surface area contributed by atoms with Crippen LogP contribution >= 0.6 is 0 Å². The van der Waals surface area contributed by atoms with Crippen molar-refractivity contribution in [3.8, 4) is 0 Å². The first-order valence-corrected chi connectivity index (χ1v) is 8.87. The Hall–Kier alpha value is -2.75. The van der Waals surface area contributed by atoms with Gasteiger partial charge in [0.1, 0.15) is 0 Å². The van der Waals surface area contributed by atoms with E-state index < -0.39 is 0 Å². The lowest BCUT2D eigenvalue weighted by Crippen LogP contribution is -2.36. The molecule has 2 unspecified atom stereocenters. The van der Waals surface area contributed by atoms with Crippen LogP contribution in [0, 0.1) is 0 Å². The molecule has 4 nitrogen and oxygen atoms in total. The van der Waals surface area contributed by atoms with Gasteiger partial charge in [-0.05, 0) is 48.3 Å². The van der Waals surface area contributed by atoms with Crippen LogP contribution in [0.4, 0.5) is 5.69 Å². The summed E-state index contributed by atoms with van der Waals surface area (Å²) >= 11 is 0. The standard InChI is InChI=1S/C21H23N3O/c1-2-20(25)23-16-9-8-15(14-16)21-18-10-12-22-19(18)11-13-24(21)17-6-4-3-5-7-17/h2-7,10,12,14,16,21-22H,1,8-9,11,13H2,(H,23,25). The van der Waals surface area contributed by atoms with Crippen LogP contribution in [0.1, 0.15) is 30.1 Å². The van der Waals surface area contributed by atoms with E-state index in [0.717, 1.165) is 25.8 Å². The van der Waals surface area contributed by atoms with Crippen LogP contribution in [-0.2, 0) is 11.2 Å². The molecule has 1 amide bonds. The topological polar surface area (TPSA) is 48.1 Å². The van der Waals surface area contributed by atoms with Crippen molar-refractivity contribution in [1.82, 2.24) is 10.3 Å². The number of rotatable bonds is 4. The van der Waals surface area contributed by atoms with Crippen molar-refractivity contribution < 1.29 is 4.79 Å². The molecule has 0 fully saturated rings. The molecule has 1 aromatic carbocycles. The number of carbonyl (C=O) groups is 1. The summed E-state index contributed by atoms with van der Waals surface area (Å²) in [7, 11) is 0. The summed E-state index contributed by atoms with van der Waals surface area (Å²) in [6.07, 6.45) is 8.60. The average Bonchev–Trinajstić information content (AvgIpc) is 3.30. The summed E-state index contributed by atoms with van der Waals surface area (Å²) in [6.45, 7) is 4.53. The molecule has 0 bridgehead atoms. The lowest BCUT2D eigenvalue weighted by atomic mass is 9.91. The van der Waals surface area contributed by atoms with Crippen LogP contribution in [-0.4, -0.2) is 23.5 Å². The third-order valence-corrected chi connectivity index (χ3v) is 5.19. The summed E-state index contributed by atoms with van der Waals surface area (Å²) in [5, 5.41) is 3.01. The Labute approximate surface area is 148 Å². The molecular weight excluding hydrogens is 310 g/mol. The number of hydrogen-bond donors (Lipinski definition) is 2. The molecule has 4 rings (SSSR count). The predicted octanol–water partition coefficient (Wildman–Crippen LogP) is 3.51. The average molecular weight is 333 g/mol. The number of nitrogens with one attached hydrogen (secondary N) is 2. The van der Waals surface area contributed by atoms with Gasteiger partial charge < -0.3 is 15.2 Å². The molecule has 1 aliphatic heterocycles. The molecule has 2 heterocycles. The van der Waals surface area contributed by atoms with E-state index in [9.17, 15) is 4.79 Å². The van der Waals surface area contributed by atoms with E-state index in [4.69, 9.17) is 0 Å². The molecule has 4 heteroatoms. The second-order valence-corrected chi connectivity index (χ2v) is 6.69. The van der Waals surface area contributed by atoms with E-state index in [-0.39, 0.29) is 18.0 Å². The van der Waals surface area contributed by atoms with Crippen molar-refractivity contribution >= 4 is 11.6 Å². The molecule has 1 aromatic heterocycles. The van der Waals surface area contributed by atoms with Crippen LogP contribution in [0.3, 0.4) is 0 Å². The molecule has 2 N–H and O–H groups in total. The van der Waals surface area contributed by atoms with E-state index in [1.54, 1.807) is 0 Å². The van der Waals surface area contributed by atoms with Gasteiger partial charge in [-0.15, -0.1) is 0 Å². The van der Waals surface area contributed by atoms with Gasteiger partial charge in [0.05, 0.1) is 6.04 Å². The summed E-state index contributed by atoms with van der Waals surface area (Å²) in [5.74, 6) is -0.103. The van der Waals surface area contributed by atoms with Crippen LogP contribution < -0.4 is 10.2 Å². The van der Waals surface area contributed by atoms with Crippen LogP contribution in [0.25, 0.3) is 0 Å². The fourth-order valence-electron chi connectivity index (χ4n) is 4.05. The number of carbonyl (C=O) groups excluding carboxylic acids is 1. The van der Waals surface area contributed by atoms with Gasteiger partial charge in [-0.1, -0.05) is 30.9 Å². The third kappa shape index (κ3) is 3.00. The van der Waals surface area contributed by atoms with Gasteiger partial charge in [0.25, 0.3) is 0 Å². The van der Waals surface area contributed by atoms with E-state index in [0.29, 0.717) is 0 Å². The first kappa shape index (κ1) is 15.8. The highest BCUT2D eigenvalue weighted by atomic mass is 16.1. The molecule has 0 radical (unpaired) electrons. The Morgan fingerprint density at radius 3 is 2.88 bits per heavy atom. The van der Waals surface area contributed by atoms with Crippen molar-refractivity contribution in [3.05, 3.63) is 78.2 Å². The molecule has 128 valence electrons. The summed E-state index contributed by atoms with van der Waals surface area (Å²) in [6, 6.07) is 13.1. The van der Waals surface area contributed by atoms with Crippen molar-refractivity contribution in [2.75, 3.05) is 11.4 Å². The van der Waals surface area contributed by atoms with Gasteiger partial charge in [-0.25, -0.2) is 0 Å². The number of aromatic nitrogens is 1. The third-order valence-electron chi connectivity index (χ3n) is 5.19. The molecule has 0 saturated carbocycles. The lowest BCUT2D eigenvalue weighted by Gasteiger charge is -2.38. The number of H-pyrrole nitrogens is 1. The number of benzene rings is 1. The molecule has 0 saturated heterocycles. The SMILES string of the molecule is C=CC(=O)NC1C=C(C2c3cc[nH]c3CCN2c2ccccc2)CC1. The number of aromatic amines is 1. The first-order valence-electron chi connectivity index (χ1n) is 8.87. The summed E-state index contributed by atoms with van der Waals surface area (Å²) < 4.78 is 0. The number of anilines is 1. The zero-order valence-corrected chi connectivity index (χ0v) is 14.2. The normalized spacial score (nSPS) is 22.2. The summed E-state index contributed by atoms with van der Waals surface area (Å²) in [5.41, 5.74) is 5.33. The van der Waals surface area contributed by atoms with Crippen LogP contribution in [0.2, 0.25) is 0 Å². The fraction of sp³-hybridized carbons (Fsp3) is 0.286. The maximum Gasteiger partial charge on any atom is 0.243 e. The quantitative estimate of drug-likeness (QED) is 0.664. The molecular formula is C21H23N3O. The van der Waals surface area contributed by atoms with E-state index in [1.165, 1.54) is 28.6 Å². The number of amides is 1. The van der Waals surface area contributed by atoms with Gasteiger partial charge in [-0.2, -0.15) is 0 Å². The predicted molar refractivity (Wildman–Crippen MR) is 100 cm³/mol. The molecule has 2 aliphatic rings. The number of nitrogens with zero attached hydrogens (tertiary/aromatic N) is 1. The number of para-hydroxylation sites is 1. The minimum Gasteiger partial charge on any atom is -0.365 e. The summed E-state index contributed by atoms with van der Waals surface area (Å²) in [4.78, 5) is 17.5. The van der Waals surface area contributed by atoms with Crippen molar-refractivity contribution in [3.63, 3.8) is 0 Å². The van der Waals surface area contributed by atoms with Crippen molar-refractivity contribution in [2.45, 2.75) is 31.3 Å². The van der Waals surface area contributed by atoms with Crippen LogP contribution in [0.15, 0.2) is 66.9 Å². The Bertz CT molecular complexity index is 806. The smallest absolute Gasteiger partial charge is 0.243 e. The Balaban J connectivity index is 1.68. The van der Waals surface area contributed by atoms with Gasteiger partial charge >= 0.3 is 0 Å². The monoisotopic (exact) mass is 333 g/mol. The number of hydrogen-bond acceptors (Lipinski definition) is 2. The van der Waals surface area contributed by atoms with Gasteiger partial charge in [-0.3, -0.25) is 4.79 Å². The molecule has 2 atom stereocenters. The Morgan fingerprint density at radius 2 is 2.08 bits per heavy atom. The first-order chi connectivity index (χ1) is 12.3. The van der Waals surface area contributed by atoms with Gasteiger partial charge in [0.15, 0.2) is 0 Å². The van der Waals surface area contributed by atoms with E-state index >= 15 is 0 Å². The van der Waals surface area contributed by atoms with Crippen molar-refractivity contribution in [2.24, 2.45) is 0 Å². The van der Waals surface area contributed by atoms with E-state index in [2.05, 4.69) is 64.3 Å². The highest BCUT2D eigenvalue weighted by Gasteiger charge is 2.33. The zero-order chi connectivity index (χ0) is 17.2. The maximum absolute atomic E-state index is 11.6. The molecule has 1 aliphatic carbocycles. The fourth-order valence-corrected chi connectivity index (χ4v) is 4.05. The Kier molecular flexibility index (Phi) is 4.18. The van der Waals surface area contributed by atoms with Crippen LogP contribution in [0.5, 0.6) is 0 Å². The second kappa shape index (κ2) is 6.63. The highest BCUT2D eigenvalue weighted by molar-refractivity contribution is 5.87. The number of fused-ring (bicyclic) bond motifs is 1. The maximum atomic E-state index is 11.6. The van der Waals surface area contributed by atoms with Crippen molar-refractivity contribution in [1.29, 1.82) is 0 Å². The molecule has 2 aromatic rings. The lowest BCUT2D eigenvalue weighted by molar-refractivity contribution is -0.116. The van der Waals surface area contributed by atoms with E-state index in [1.807, 2.05) is 6.20 Å². The second-order valence-electron chi connectivity index (χ2n) is 6.69. The Morgan fingerprint density at radius 1 is 1.24 bits per heavy atom. The zero-order valence-electron chi connectivity index (χ0n) is 14.2. The minimum atomic E-state index is -0.103.